The number of ether oxygens (including phenoxy) is 2. The summed E-state index contributed by atoms with van der Waals surface area (Å²) in [7, 11) is 0. The number of rotatable bonds is 5. The van der Waals surface area contributed by atoms with Gasteiger partial charge in [0.15, 0.2) is 0 Å². The van der Waals surface area contributed by atoms with Crippen LogP contribution >= 0.6 is 11.8 Å². The summed E-state index contributed by atoms with van der Waals surface area (Å²) in [5, 5.41) is 10.5. The van der Waals surface area contributed by atoms with Crippen molar-refractivity contribution in [2.24, 2.45) is 0 Å². The van der Waals surface area contributed by atoms with E-state index in [0.29, 0.717) is 6.61 Å². The van der Waals surface area contributed by atoms with Crippen LogP contribution in [0.15, 0.2) is 0 Å². The van der Waals surface area contributed by atoms with Gasteiger partial charge in [-0.2, -0.15) is 0 Å². The van der Waals surface area contributed by atoms with Gasteiger partial charge < -0.3 is 14.6 Å². The lowest BCUT2D eigenvalue weighted by Gasteiger charge is -2.24. The van der Waals surface area contributed by atoms with Crippen molar-refractivity contribution >= 4 is 11.8 Å². The minimum Gasteiger partial charge on any atom is -0.389 e. The molecule has 4 atom stereocenters. The van der Waals surface area contributed by atoms with E-state index in [4.69, 9.17) is 9.47 Å². The van der Waals surface area contributed by atoms with Crippen LogP contribution in [0, 0.1) is 0 Å². The van der Waals surface area contributed by atoms with Crippen molar-refractivity contribution in [2.75, 3.05) is 6.61 Å². The van der Waals surface area contributed by atoms with Gasteiger partial charge in [0, 0.05) is 5.25 Å². The van der Waals surface area contributed by atoms with Crippen LogP contribution in [-0.2, 0) is 9.47 Å². The van der Waals surface area contributed by atoms with Crippen LogP contribution < -0.4 is 0 Å². The highest BCUT2D eigenvalue weighted by Crippen LogP contribution is 2.36. The maximum Gasteiger partial charge on any atom is 0.0988 e. The highest BCUT2D eigenvalue weighted by molar-refractivity contribution is 8.00. The molecule has 0 aliphatic carbocycles. The molecule has 0 aromatic heterocycles. The fourth-order valence-corrected chi connectivity index (χ4v) is 3.23. The molecular formula is C12H24O3S. The number of aliphatic hydroxyl groups excluding tert-OH is 1. The molecule has 0 aromatic carbocycles. The molecule has 0 spiro atoms. The van der Waals surface area contributed by atoms with Crippen LogP contribution in [0.25, 0.3) is 0 Å². The average molecular weight is 248 g/mol. The molecule has 3 nitrogen and oxygen atoms in total. The Kier molecular flexibility index (Phi) is 5.57. The van der Waals surface area contributed by atoms with E-state index in [9.17, 15) is 5.11 Å². The lowest BCUT2D eigenvalue weighted by molar-refractivity contribution is -0.0684. The van der Waals surface area contributed by atoms with Gasteiger partial charge in [0.25, 0.3) is 0 Å². The number of hydrogen-bond donors (Lipinski definition) is 1. The van der Waals surface area contributed by atoms with E-state index >= 15 is 0 Å². The molecule has 1 rings (SSSR count). The van der Waals surface area contributed by atoms with Crippen LogP contribution in [0.1, 0.15) is 34.6 Å². The topological polar surface area (TPSA) is 38.7 Å². The molecule has 1 saturated heterocycles. The van der Waals surface area contributed by atoms with E-state index in [1.807, 2.05) is 34.6 Å². The van der Waals surface area contributed by atoms with Gasteiger partial charge in [-0.3, -0.25) is 0 Å². The number of aliphatic hydroxyl groups is 1. The molecule has 0 saturated carbocycles. The summed E-state index contributed by atoms with van der Waals surface area (Å²) in [6.45, 7) is 10.7. The summed E-state index contributed by atoms with van der Waals surface area (Å²) < 4.78 is 11.4. The predicted octanol–water partition coefficient (Wildman–Crippen LogP) is 2.07. The summed E-state index contributed by atoms with van der Waals surface area (Å²) >= 11 is 1.77. The van der Waals surface area contributed by atoms with Crippen molar-refractivity contribution in [3.05, 3.63) is 0 Å². The Hall–Kier alpha value is 0.230. The zero-order chi connectivity index (χ0) is 12.3. The van der Waals surface area contributed by atoms with Crippen molar-refractivity contribution in [1.82, 2.24) is 0 Å². The largest absolute Gasteiger partial charge is 0.389 e. The van der Waals surface area contributed by atoms with E-state index in [0.717, 1.165) is 0 Å². The monoisotopic (exact) mass is 248 g/mol. The number of thioether (sulfide) groups is 1. The number of hydrogen-bond acceptors (Lipinski definition) is 4. The maximum atomic E-state index is 10.0. The normalized spacial score (nSPS) is 35.2. The molecule has 1 N–H and O–H groups in total. The van der Waals surface area contributed by atoms with Crippen molar-refractivity contribution < 1.29 is 14.6 Å². The van der Waals surface area contributed by atoms with Crippen molar-refractivity contribution in [2.45, 2.75) is 69.5 Å². The molecule has 16 heavy (non-hydrogen) atoms. The SMILES string of the molecule is CC(C)OC[C@H]1S[C@@H](C)[C@@H](O)[C@H]1OC(C)C. The molecule has 4 heteroatoms. The highest BCUT2D eigenvalue weighted by atomic mass is 32.2. The van der Waals surface area contributed by atoms with E-state index < -0.39 is 0 Å². The van der Waals surface area contributed by atoms with E-state index in [1.165, 1.54) is 0 Å². The minimum absolute atomic E-state index is 0.0984. The summed E-state index contributed by atoms with van der Waals surface area (Å²) in [4.78, 5) is 0. The summed E-state index contributed by atoms with van der Waals surface area (Å²) in [6, 6.07) is 0. The smallest absolute Gasteiger partial charge is 0.0988 e. The Labute approximate surface area is 103 Å². The maximum absolute atomic E-state index is 10.0. The molecule has 1 aliphatic rings. The van der Waals surface area contributed by atoms with Gasteiger partial charge in [0.2, 0.25) is 0 Å². The minimum atomic E-state index is -0.381. The quantitative estimate of drug-likeness (QED) is 0.808. The Balaban J connectivity index is 2.52. The van der Waals surface area contributed by atoms with Crippen LogP contribution in [0.4, 0.5) is 0 Å². The molecule has 0 radical (unpaired) electrons. The molecular weight excluding hydrogens is 224 g/mol. The van der Waals surface area contributed by atoms with Crippen LogP contribution in [0.3, 0.4) is 0 Å². The molecule has 0 aromatic rings. The van der Waals surface area contributed by atoms with Gasteiger partial charge in [0.05, 0.1) is 36.3 Å². The Morgan fingerprint density at radius 2 is 1.81 bits per heavy atom. The predicted molar refractivity (Wildman–Crippen MR) is 67.9 cm³/mol. The molecule has 1 heterocycles. The second-order valence-corrected chi connectivity index (χ2v) is 6.52. The Bertz CT molecular complexity index is 208. The van der Waals surface area contributed by atoms with Gasteiger partial charge in [-0.05, 0) is 27.7 Å². The summed E-state index contributed by atoms with van der Waals surface area (Å²) in [6.07, 6.45) is -0.104. The molecule has 1 aliphatic heterocycles. The molecule has 1 fully saturated rings. The van der Waals surface area contributed by atoms with Crippen molar-refractivity contribution in [1.29, 1.82) is 0 Å². The first-order chi connectivity index (χ1) is 7.41. The molecule has 0 unspecified atom stereocenters. The standard InChI is InChI=1S/C12H24O3S/c1-7(2)14-6-10-12(15-8(3)4)11(13)9(5)16-10/h7-13H,6H2,1-5H3/t9-,10+,11+,12-/m0/s1. The molecule has 0 amide bonds. The lowest BCUT2D eigenvalue weighted by Crippen LogP contribution is -2.38. The van der Waals surface area contributed by atoms with Gasteiger partial charge in [-0.1, -0.05) is 6.92 Å². The third-order valence-electron chi connectivity index (χ3n) is 2.60. The lowest BCUT2D eigenvalue weighted by atomic mass is 10.1. The second-order valence-electron chi connectivity index (χ2n) is 4.90. The Morgan fingerprint density at radius 1 is 1.19 bits per heavy atom. The summed E-state index contributed by atoms with van der Waals surface area (Å²) in [5.74, 6) is 0. The second kappa shape index (κ2) is 6.24. The van der Waals surface area contributed by atoms with Crippen LogP contribution in [0.5, 0.6) is 0 Å². The van der Waals surface area contributed by atoms with Crippen LogP contribution in [-0.4, -0.2) is 46.6 Å². The van der Waals surface area contributed by atoms with Gasteiger partial charge >= 0.3 is 0 Å². The zero-order valence-electron chi connectivity index (χ0n) is 10.8. The first-order valence-electron chi connectivity index (χ1n) is 6.02. The average Bonchev–Trinajstić information content (AvgIpc) is 2.42. The fraction of sp³-hybridized carbons (Fsp3) is 1.00. The van der Waals surface area contributed by atoms with Crippen molar-refractivity contribution in [3.63, 3.8) is 0 Å². The van der Waals surface area contributed by atoms with Crippen LogP contribution in [0.2, 0.25) is 0 Å². The van der Waals surface area contributed by atoms with E-state index in [2.05, 4.69) is 0 Å². The first-order valence-corrected chi connectivity index (χ1v) is 6.96. The van der Waals surface area contributed by atoms with Gasteiger partial charge in [-0.15, -0.1) is 11.8 Å². The Morgan fingerprint density at radius 3 is 2.31 bits per heavy atom. The molecule has 0 bridgehead atoms. The summed E-state index contributed by atoms with van der Waals surface area (Å²) in [5.41, 5.74) is 0. The van der Waals surface area contributed by atoms with Gasteiger partial charge in [0.1, 0.15) is 0 Å². The fourth-order valence-electron chi connectivity index (χ4n) is 1.82. The van der Waals surface area contributed by atoms with E-state index in [1.54, 1.807) is 11.8 Å². The zero-order valence-corrected chi connectivity index (χ0v) is 11.7. The van der Waals surface area contributed by atoms with Gasteiger partial charge in [-0.25, -0.2) is 0 Å². The third kappa shape index (κ3) is 3.91. The van der Waals surface area contributed by atoms with E-state index in [-0.39, 0.29) is 34.9 Å². The third-order valence-corrected chi connectivity index (χ3v) is 4.06. The highest BCUT2D eigenvalue weighted by Gasteiger charge is 2.42. The van der Waals surface area contributed by atoms with Crippen molar-refractivity contribution in [3.8, 4) is 0 Å². The molecule has 96 valence electrons. The first kappa shape index (κ1) is 14.3.